The molecule has 0 fully saturated rings. The van der Waals surface area contributed by atoms with Crippen molar-refractivity contribution in [3.63, 3.8) is 0 Å². The summed E-state index contributed by atoms with van der Waals surface area (Å²) in [6, 6.07) is 15.1. The summed E-state index contributed by atoms with van der Waals surface area (Å²) in [7, 11) is 1.79. The van der Waals surface area contributed by atoms with E-state index in [0.717, 1.165) is 11.9 Å². The van der Waals surface area contributed by atoms with Crippen molar-refractivity contribution >= 4 is 28.4 Å². The Bertz CT molecular complexity index is 914. The van der Waals surface area contributed by atoms with Gasteiger partial charge in [-0.25, -0.2) is 0 Å². The van der Waals surface area contributed by atoms with Crippen molar-refractivity contribution in [1.29, 1.82) is 0 Å². The third-order valence-corrected chi connectivity index (χ3v) is 4.17. The highest BCUT2D eigenvalue weighted by molar-refractivity contribution is 5.96. The lowest BCUT2D eigenvalue weighted by atomic mass is 10.1. The molecule has 0 bridgehead atoms. The van der Waals surface area contributed by atoms with Gasteiger partial charge in [0.15, 0.2) is 0 Å². The number of amides is 2. The van der Waals surface area contributed by atoms with Gasteiger partial charge in [0.25, 0.3) is 5.91 Å². The van der Waals surface area contributed by atoms with Crippen LogP contribution in [0.25, 0.3) is 10.9 Å². The van der Waals surface area contributed by atoms with Crippen LogP contribution < -0.4 is 5.32 Å². The van der Waals surface area contributed by atoms with Gasteiger partial charge in [-0.1, -0.05) is 24.3 Å². The zero-order valence-electron chi connectivity index (χ0n) is 14.4. The monoisotopic (exact) mass is 335 g/mol. The lowest BCUT2D eigenvalue weighted by Gasteiger charge is -2.17. The molecule has 0 saturated heterocycles. The van der Waals surface area contributed by atoms with E-state index in [-0.39, 0.29) is 11.8 Å². The lowest BCUT2D eigenvalue weighted by Crippen LogP contribution is -2.28. The molecule has 5 nitrogen and oxygen atoms in total. The average molecular weight is 335 g/mol. The minimum atomic E-state index is -0.155. The molecule has 128 valence electrons. The van der Waals surface area contributed by atoms with E-state index >= 15 is 0 Å². The molecule has 0 spiro atoms. The van der Waals surface area contributed by atoms with E-state index in [2.05, 4.69) is 16.4 Å². The minimum Gasteiger partial charge on any atom is -0.361 e. The summed E-state index contributed by atoms with van der Waals surface area (Å²) in [6.07, 6.45) is 2.78. The first-order chi connectivity index (χ1) is 12.0. The molecule has 0 aliphatic carbocycles. The van der Waals surface area contributed by atoms with Crippen molar-refractivity contribution in [3.05, 3.63) is 65.9 Å². The molecule has 2 N–H and O–H groups in total. The van der Waals surface area contributed by atoms with E-state index in [1.807, 2.05) is 24.4 Å². The van der Waals surface area contributed by atoms with E-state index < -0.39 is 0 Å². The number of aromatic nitrogens is 1. The molecule has 0 radical (unpaired) electrons. The number of hydrogen-bond acceptors (Lipinski definition) is 2. The van der Waals surface area contributed by atoms with E-state index in [1.165, 1.54) is 17.9 Å². The molecule has 1 heterocycles. The van der Waals surface area contributed by atoms with Crippen LogP contribution in [0.2, 0.25) is 0 Å². The molecule has 0 aliphatic rings. The Labute approximate surface area is 146 Å². The van der Waals surface area contributed by atoms with Gasteiger partial charge in [0.05, 0.1) is 0 Å². The van der Waals surface area contributed by atoms with E-state index in [4.69, 9.17) is 0 Å². The molecule has 0 saturated carbocycles. The summed E-state index contributed by atoms with van der Waals surface area (Å²) in [5.74, 6) is -0.218. The number of anilines is 1. The molecule has 0 unspecified atom stereocenters. The van der Waals surface area contributed by atoms with Crippen LogP contribution in [0, 0.1) is 0 Å². The Morgan fingerprint density at radius 2 is 1.92 bits per heavy atom. The van der Waals surface area contributed by atoms with Crippen molar-refractivity contribution in [2.24, 2.45) is 0 Å². The van der Waals surface area contributed by atoms with Crippen molar-refractivity contribution < 1.29 is 9.59 Å². The number of H-pyrrole nitrogens is 1. The molecule has 1 aromatic heterocycles. The maximum atomic E-state index is 12.6. The highest BCUT2D eigenvalue weighted by atomic mass is 16.2. The molecule has 5 heteroatoms. The van der Waals surface area contributed by atoms with Crippen LogP contribution in [-0.2, 0) is 11.2 Å². The zero-order chi connectivity index (χ0) is 17.8. The molecule has 3 rings (SSSR count). The maximum Gasteiger partial charge on any atom is 0.253 e. The standard InChI is InChI=1S/C20H21N3O2/c1-14(24)22-17-7-5-6-15(12-17)20(25)23(2)11-10-16-13-21-19-9-4-3-8-18(16)19/h3-9,12-13,21H,10-11H2,1-2H3,(H,22,24). The van der Waals surface area contributed by atoms with Crippen LogP contribution in [0.4, 0.5) is 5.69 Å². The molecular formula is C20H21N3O2. The van der Waals surface area contributed by atoms with Crippen molar-refractivity contribution in [3.8, 4) is 0 Å². The summed E-state index contributed by atoms with van der Waals surface area (Å²) >= 11 is 0. The van der Waals surface area contributed by atoms with Gasteiger partial charge < -0.3 is 15.2 Å². The number of carbonyl (C=O) groups is 2. The lowest BCUT2D eigenvalue weighted by molar-refractivity contribution is -0.114. The largest absolute Gasteiger partial charge is 0.361 e. The summed E-state index contributed by atoms with van der Waals surface area (Å²) in [6.45, 7) is 2.06. The second-order valence-electron chi connectivity index (χ2n) is 6.10. The Kier molecular flexibility index (Phi) is 4.84. The Morgan fingerprint density at radius 3 is 2.72 bits per heavy atom. The van der Waals surface area contributed by atoms with Crippen molar-refractivity contribution in [2.45, 2.75) is 13.3 Å². The van der Waals surface area contributed by atoms with Crippen LogP contribution in [-0.4, -0.2) is 35.3 Å². The number of likely N-dealkylation sites (N-methyl/N-ethyl adjacent to an activating group) is 1. The van der Waals surface area contributed by atoms with Gasteiger partial charge in [-0.3, -0.25) is 9.59 Å². The number of nitrogens with zero attached hydrogens (tertiary/aromatic N) is 1. The summed E-state index contributed by atoms with van der Waals surface area (Å²) in [5.41, 5.74) is 3.49. The third-order valence-electron chi connectivity index (χ3n) is 4.17. The topological polar surface area (TPSA) is 65.2 Å². The first kappa shape index (κ1) is 16.8. The minimum absolute atomic E-state index is 0.0629. The summed E-state index contributed by atoms with van der Waals surface area (Å²) < 4.78 is 0. The fourth-order valence-electron chi connectivity index (χ4n) is 2.88. The van der Waals surface area contributed by atoms with Gasteiger partial charge in [-0.2, -0.15) is 0 Å². The van der Waals surface area contributed by atoms with Gasteiger partial charge in [0.2, 0.25) is 5.91 Å². The Balaban J connectivity index is 1.67. The van der Waals surface area contributed by atoms with E-state index in [9.17, 15) is 9.59 Å². The number of hydrogen-bond donors (Lipinski definition) is 2. The number of carbonyl (C=O) groups excluding carboxylic acids is 2. The van der Waals surface area contributed by atoms with Gasteiger partial charge in [0, 0.05) is 48.9 Å². The van der Waals surface area contributed by atoms with Crippen LogP contribution in [0.15, 0.2) is 54.7 Å². The Hall–Kier alpha value is -3.08. The van der Waals surface area contributed by atoms with E-state index in [1.54, 1.807) is 36.2 Å². The van der Waals surface area contributed by atoms with Gasteiger partial charge in [-0.05, 0) is 36.2 Å². The predicted molar refractivity (Wildman–Crippen MR) is 99.7 cm³/mol. The first-order valence-electron chi connectivity index (χ1n) is 8.22. The number of benzene rings is 2. The highest BCUT2D eigenvalue weighted by Gasteiger charge is 2.13. The predicted octanol–water partition coefficient (Wildman–Crippen LogP) is 3.44. The number of fused-ring (bicyclic) bond motifs is 1. The van der Waals surface area contributed by atoms with E-state index in [0.29, 0.717) is 17.8 Å². The number of nitrogens with one attached hydrogen (secondary N) is 2. The van der Waals surface area contributed by atoms with Gasteiger partial charge >= 0.3 is 0 Å². The highest BCUT2D eigenvalue weighted by Crippen LogP contribution is 2.19. The maximum absolute atomic E-state index is 12.6. The summed E-state index contributed by atoms with van der Waals surface area (Å²) in [5, 5.41) is 3.89. The van der Waals surface area contributed by atoms with Crippen molar-refractivity contribution in [1.82, 2.24) is 9.88 Å². The normalized spacial score (nSPS) is 10.6. The average Bonchev–Trinajstić information content (AvgIpc) is 3.02. The third kappa shape index (κ3) is 3.88. The van der Waals surface area contributed by atoms with Crippen LogP contribution in [0.5, 0.6) is 0 Å². The fraction of sp³-hybridized carbons (Fsp3) is 0.200. The zero-order valence-corrected chi connectivity index (χ0v) is 14.4. The second kappa shape index (κ2) is 7.21. The summed E-state index contributed by atoms with van der Waals surface area (Å²) in [4.78, 5) is 28.7. The molecule has 2 aromatic carbocycles. The van der Waals surface area contributed by atoms with Crippen molar-refractivity contribution in [2.75, 3.05) is 18.9 Å². The molecule has 0 aliphatic heterocycles. The SMILES string of the molecule is CC(=O)Nc1cccc(C(=O)N(C)CCc2c[nH]c3ccccc23)c1. The molecule has 25 heavy (non-hydrogen) atoms. The van der Waals surface area contributed by atoms with Gasteiger partial charge in [-0.15, -0.1) is 0 Å². The first-order valence-corrected chi connectivity index (χ1v) is 8.22. The number of rotatable bonds is 5. The van der Waals surface area contributed by atoms with Crippen LogP contribution in [0.3, 0.4) is 0 Å². The van der Waals surface area contributed by atoms with Crippen LogP contribution >= 0.6 is 0 Å². The van der Waals surface area contributed by atoms with Gasteiger partial charge in [0.1, 0.15) is 0 Å². The fourth-order valence-corrected chi connectivity index (χ4v) is 2.88. The quantitative estimate of drug-likeness (QED) is 0.750. The van der Waals surface area contributed by atoms with Crippen LogP contribution in [0.1, 0.15) is 22.8 Å². The Morgan fingerprint density at radius 1 is 1.12 bits per heavy atom. The molecule has 3 aromatic rings. The smallest absolute Gasteiger partial charge is 0.253 e. The number of para-hydroxylation sites is 1. The number of aromatic amines is 1. The molecule has 2 amide bonds. The molecular weight excluding hydrogens is 314 g/mol. The second-order valence-corrected chi connectivity index (χ2v) is 6.10. The molecule has 0 atom stereocenters.